The fourth-order valence-electron chi connectivity index (χ4n) is 3.63. The van der Waals surface area contributed by atoms with Crippen molar-refractivity contribution < 1.29 is 35.9 Å². The predicted molar refractivity (Wildman–Crippen MR) is 135 cm³/mol. The Bertz CT molecular complexity index is 1470. The summed E-state index contributed by atoms with van der Waals surface area (Å²) in [6.07, 6.45) is -4.71. The Morgan fingerprint density at radius 3 is 2.37 bits per heavy atom. The molecular weight excluding hydrogens is 523 g/mol. The first-order valence-electron chi connectivity index (χ1n) is 11.4. The van der Waals surface area contributed by atoms with E-state index in [1.165, 1.54) is 18.2 Å². The van der Waals surface area contributed by atoms with E-state index in [0.717, 1.165) is 17.7 Å². The highest BCUT2D eigenvalue weighted by Crippen LogP contribution is 2.33. The number of alkyl halides is 3. The number of hydrogen-bond acceptors (Lipinski definition) is 6. The molecule has 12 heteroatoms. The van der Waals surface area contributed by atoms with Crippen LogP contribution >= 0.6 is 0 Å². The maximum absolute atomic E-state index is 13.4. The van der Waals surface area contributed by atoms with Crippen LogP contribution in [0.2, 0.25) is 0 Å². The molecule has 1 aliphatic rings. The first-order valence-corrected chi connectivity index (χ1v) is 12.9. The van der Waals surface area contributed by atoms with Gasteiger partial charge in [-0.25, -0.2) is 13.8 Å². The van der Waals surface area contributed by atoms with Gasteiger partial charge in [-0.05, 0) is 62.4 Å². The van der Waals surface area contributed by atoms with Crippen LogP contribution in [0.15, 0.2) is 76.7 Å². The normalized spacial score (nSPS) is 13.7. The van der Waals surface area contributed by atoms with Gasteiger partial charge in [0.05, 0.1) is 21.9 Å². The van der Waals surface area contributed by atoms with Crippen LogP contribution in [0.1, 0.15) is 23.6 Å². The first-order chi connectivity index (χ1) is 17.9. The molecule has 1 aliphatic heterocycles. The zero-order chi connectivity index (χ0) is 27.5. The van der Waals surface area contributed by atoms with E-state index in [1.807, 2.05) is 0 Å². The van der Waals surface area contributed by atoms with E-state index in [-0.39, 0.29) is 10.6 Å². The molecular formula is C26H24F3N3O5S. The highest BCUT2D eigenvalue weighted by atomic mass is 32.2. The SMILES string of the molecule is C/C(=N/NC(=O)CN(c1cccc(C(F)(F)F)c1)S(=O)(=O)c1ccc(C)cc1)c1ccc2c(c1)OCCO2. The van der Waals surface area contributed by atoms with Crippen molar-refractivity contribution in [3.63, 3.8) is 0 Å². The lowest BCUT2D eigenvalue weighted by Gasteiger charge is -2.24. The summed E-state index contributed by atoms with van der Waals surface area (Å²) in [5, 5.41) is 4.03. The van der Waals surface area contributed by atoms with Gasteiger partial charge in [-0.1, -0.05) is 23.8 Å². The number of amides is 1. The van der Waals surface area contributed by atoms with Crippen LogP contribution in [-0.2, 0) is 21.0 Å². The molecule has 0 fully saturated rings. The molecule has 0 unspecified atom stereocenters. The Hall–Kier alpha value is -4.06. The number of sulfonamides is 1. The highest BCUT2D eigenvalue weighted by Gasteiger charge is 2.33. The molecule has 1 N–H and O–H groups in total. The lowest BCUT2D eigenvalue weighted by molar-refractivity contribution is -0.137. The number of hydrogen-bond donors (Lipinski definition) is 1. The van der Waals surface area contributed by atoms with Gasteiger partial charge in [0.25, 0.3) is 15.9 Å². The maximum Gasteiger partial charge on any atom is 0.416 e. The summed E-state index contributed by atoms with van der Waals surface area (Å²) in [4.78, 5) is 12.6. The molecule has 0 radical (unpaired) electrons. The van der Waals surface area contributed by atoms with Crippen LogP contribution in [0, 0.1) is 6.92 Å². The molecule has 0 saturated heterocycles. The second kappa shape index (κ2) is 10.7. The van der Waals surface area contributed by atoms with Crippen molar-refractivity contribution in [1.82, 2.24) is 5.43 Å². The van der Waals surface area contributed by atoms with Crippen LogP contribution < -0.4 is 19.2 Å². The molecule has 1 heterocycles. The van der Waals surface area contributed by atoms with Gasteiger partial charge < -0.3 is 9.47 Å². The summed E-state index contributed by atoms with van der Waals surface area (Å²) in [6.45, 7) is 3.40. The smallest absolute Gasteiger partial charge is 0.416 e. The van der Waals surface area contributed by atoms with Crippen LogP contribution in [-0.4, -0.2) is 39.8 Å². The van der Waals surface area contributed by atoms with Gasteiger partial charge in [0.2, 0.25) is 0 Å². The molecule has 4 rings (SSSR count). The van der Waals surface area contributed by atoms with E-state index in [0.29, 0.717) is 46.4 Å². The number of aryl methyl sites for hydroxylation is 1. The van der Waals surface area contributed by atoms with Gasteiger partial charge in [-0.2, -0.15) is 18.3 Å². The summed E-state index contributed by atoms with van der Waals surface area (Å²) in [6, 6.07) is 14.6. The van der Waals surface area contributed by atoms with Crippen molar-refractivity contribution in [3.8, 4) is 11.5 Å². The monoisotopic (exact) mass is 547 g/mol. The predicted octanol–water partition coefficient (Wildman–Crippen LogP) is 4.52. The molecule has 0 aromatic heterocycles. The molecule has 3 aromatic carbocycles. The van der Waals surface area contributed by atoms with Crippen molar-refractivity contribution in [3.05, 3.63) is 83.4 Å². The molecule has 3 aromatic rings. The molecule has 0 aliphatic carbocycles. The van der Waals surface area contributed by atoms with Crippen molar-refractivity contribution in [2.75, 3.05) is 24.1 Å². The summed E-state index contributed by atoms with van der Waals surface area (Å²) < 4.78 is 78.6. The van der Waals surface area contributed by atoms with E-state index >= 15 is 0 Å². The van der Waals surface area contributed by atoms with E-state index in [4.69, 9.17) is 9.47 Å². The van der Waals surface area contributed by atoms with Crippen LogP contribution in [0.25, 0.3) is 0 Å². The Kier molecular flexibility index (Phi) is 7.63. The van der Waals surface area contributed by atoms with Gasteiger partial charge >= 0.3 is 6.18 Å². The van der Waals surface area contributed by atoms with Crippen LogP contribution in [0.3, 0.4) is 0 Å². The molecule has 1 amide bonds. The molecule has 0 atom stereocenters. The average molecular weight is 548 g/mol. The minimum Gasteiger partial charge on any atom is -0.486 e. The third-order valence-electron chi connectivity index (χ3n) is 5.67. The second-order valence-electron chi connectivity index (χ2n) is 8.46. The van der Waals surface area contributed by atoms with Gasteiger partial charge in [-0.3, -0.25) is 9.10 Å². The summed E-state index contributed by atoms with van der Waals surface area (Å²) in [7, 11) is -4.40. The van der Waals surface area contributed by atoms with Gasteiger partial charge in [0, 0.05) is 5.56 Å². The Labute approximate surface area is 217 Å². The number of halogens is 3. The minimum absolute atomic E-state index is 0.177. The highest BCUT2D eigenvalue weighted by molar-refractivity contribution is 7.92. The summed E-state index contributed by atoms with van der Waals surface area (Å²) >= 11 is 0. The van der Waals surface area contributed by atoms with Gasteiger partial charge in [0.15, 0.2) is 11.5 Å². The number of carbonyl (C=O) groups is 1. The fraction of sp³-hybridized carbons (Fsp3) is 0.231. The third kappa shape index (κ3) is 6.08. The zero-order valence-electron chi connectivity index (χ0n) is 20.4. The largest absolute Gasteiger partial charge is 0.486 e. The number of hydrazone groups is 1. The first kappa shape index (κ1) is 27.0. The van der Waals surface area contributed by atoms with Crippen molar-refractivity contribution >= 4 is 27.3 Å². The van der Waals surface area contributed by atoms with Crippen LogP contribution in [0.5, 0.6) is 11.5 Å². The third-order valence-corrected chi connectivity index (χ3v) is 7.45. The Morgan fingerprint density at radius 1 is 1.00 bits per heavy atom. The number of benzene rings is 3. The van der Waals surface area contributed by atoms with Crippen molar-refractivity contribution in [2.45, 2.75) is 24.9 Å². The van der Waals surface area contributed by atoms with Gasteiger partial charge in [0.1, 0.15) is 19.8 Å². The number of anilines is 1. The second-order valence-corrected chi connectivity index (χ2v) is 10.3. The molecule has 0 spiro atoms. The molecule has 38 heavy (non-hydrogen) atoms. The molecule has 200 valence electrons. The zero-order valence-corrected chi connectivity index (χ0v) is 21.3. The number of ether oxygens (including phenoxy) is 2. The van der Waals surface area contributed by atoms with E-state index in [1.54, 1.807) is 44.2 Å². The van der Waals surface area contributed by atoms with Crippen molar-refractivity contribution in [1.29, 1.82) is 0 Å². The lowest BCUT2D eigenvalue weighted by Crippen LogP contribution is -2.40. The van der Waals surface area contributed by atoms with Crippen molar-refractivity contribution in [2.24, 2.45) is 5.10 Å². The number of rotatable bonds is 7. The number of fused-ring (bicyclic) bond motifs is 1. The number of nitrogens with one attached hydrogen (secondary N) is 1. The molecule has 8 nitrogen and oxygen atoms in total. The molecule has 0 saturated carbocycles. The lowest BCUT2D eigenvalue weighted by atomic mass is 10.1. The standard InChI is InChI=1S/C26H24F3N3O5S/c1-17-6-9-22(10-7-17)38(34,35)32(21-5-3-4-20(15-21)26(27,28)29)16-25(33)31-30-18(2)19-8-11-23-24(14-19)37-13-12-36-23/h3-11,14-15H,12-13,16H2,1-2H3,(H,31,33)/b30-18-. The van der Waals surface area contributed by atoms with E-state index in [2.05, 4.69) is 10.5 Å². The van der Waals surface area contributed by atoms with Crippen LogP contribution in [0.4, 0.5) is 18.9 Å². The Balaban J connectivity index is 1.61. The summed E-state index contributed by atoms with van der Waals surface area (Å²) in [5.41, 5.74) is 2.72. The van der Waals surface area contributed by atoms with E-state index < -0.39 is 34.2 Å². The topological polar surface area (TPSA) is 97.3 Å². The maximum atomic E-state index is 13.4. The van der Waals surface area contributed by atoms with E-state index in [9.17, 15) is 26.4 Å². The average Bonchev–Trinajstić information content (AvgIpc) is 2.89. The summed E-state index contributed by atoms with van der Waals surface area (Å²) in [5.74, 6) is 0.249. The van der Waals surface area contributed by atoms with Gasteiger partial charge in [-0.15, -0.1) is 0 Å². The Morgan fingerprint density at radius 2 is 1.68 bits per heavy atom. The number of nitrogens with zero attached hydrogens (tertiary/aromatic N) is 2. The number of carbonyl (C=O) groups excluding carboxylic acids is 1. The molecule has 0 bridgehead atoms. The minimum atomic E-state index is -4.71. The quantitative estimate of drug-likeness (QED) is 0.347. The fourth-order valence-corrected chi connectivity index (χ4v) is 5.05.